The number of nitrogens with one attached hydrogen (secondary N) is 2. The van der Waals surface area contributed by atoms with Crippen LogP contribution in [0.1, 0.15) is 28.9 Å². The second-order valence-corrected chi connectivity index (χ2v) is 8.69. The van der Waals surface area contributed by atoms with Gasteiger partial charge in [0.1, 0.15) is 18.1 Å². The summed E-state index contributed by atoms with van der Waals surface area (Å²) in [5.74, 6) is -1.54. The number of hydrogen-bond donors (Lipinski definition) is 3. The van der Waals surface area contributed by atoms with Gasteiger partial charge in [0.2, 0.25) is 5.91 Å². The molecule has 2 aromatic rings. The summed E-state index contributed by atoms with van der Waals surface area (Å²) >= 11 is 6.11. The van der Waals surface area contributed by atoms with Gasteiger partial charge in [-0.15, -0.1) is 0 Å². The van der Waals surface area contributed by atoms with Crippen LogP contribution in [0, 0.1) is 17.2 Å². The number of carbonyl (C=O) groups is 2. The summed E-state index contributed by atoms with van der Waals surface area (Å²) in [6.07, 6.45) is -1.46. The molecule has 3 unspecified atom stereocenters. The van der Waals surface area contributed by atoms with Crippen LogP contribution < -0.4 is 15.4 Å². The van der Waals surface area contributed by atoms with E-state index in [0.717, 1.165) is 12.3 Å². The lowest BCUT2D eigenvalue weighted by Gasteiger charge is -2.42. The van der Waals surface area contributed by atoms with Crippen LogP contribution in [0.3, 0.4) is 0 Å². The first kappa shape index (κ1) is 24.8. The fraction of sp³-hybridized carbons (Fsp3) is 0.391. The van der Waals surface area contributed by atoms with E-state index in [9.17, 15) is 23.5 Å². The maximum atomic E-state index is 13.2. The largest absolute Gasteiger partial charge is 0.491 e. The van der Waals surface area contributed by atoms with Crippen molar-refractivity contribution in [2.24, 2.45) is 5.92 Å². The van der Waals surface area contributed by atoms with Crippen molar-refractivity contribution in [3.8, 4) is 22.9 Å². The maximum absolute atomic E-state index is 13.2. The number of carboxylic acid groups (broad SMARTS) is 1. The molecule has 3 atom stereocenters. The van der Waals surface area contributed by atoms with Gasteiger partial charge >= 0.3 is 5.97 Å². The molecule has 1 aromatic heterocycles. The van der Waals surface area contributed by atoms with Gasteiger partial charge in [-0.05, 0) is 30.7 Å². The molecule has 3 heterocycles. The van der Waals surface area contributed by atoms with Gasteiger partial charge in [0.15, 0.2) is 0 Å². The zero-order chi connectivity index (χ0) is 25.1. The number of pyridine rings is 1. The second kappa shape index (κ2) is 10.5. The molecule has 2 fully saturated rings. The molecule has 35 heavy (non-hydrogen) atoms. The lowest BCUT2D eigenvalue weighted by molar-refractivity contribution is -0.142. The Kier molecular flexibility index (Phi) is 7.45. The first-order chi connectivity index (χ1) is 16.8. The molecule has 0 bridgehead atoms. The van der Waals surface area contributed by atoms with E-state index in [2.05, 4.69) is 21.7 Å². The van der Waals surface area contributed by atoms with Gasteiger partial charge < -0.3 is 20.1 Å². The molecule has 2 saturated heterocycles. The minimum Gasteiger partial charge on any atom is -0.491 e. The highest BCUT2D eigenvalue weighted by Gasteiger charge is 2.40. The van der Waals surface area contributed by atoms with E-state index in [1.165, 1.54) is 6.07 Å². The van der Waals surface area contributed by atoms with E-state index < -0.39 is 23.7 Å². The number of amides is 1. The summed E-state index contributed by atoms with van der Waals surface area (Å²) in [4.78, 5) is 29.7. The number of ether oxygens (including phenoxy) is 1. The summed E-state index contributed by atoms with van der Waals surface area (Å²) < 4.78 is 32.2. The Morgan fingerprint density at radius 1 is 1.37 bits per heavy atom. The number of benzene rings is 1. The molecule has 2 aliphatic rings. The molecule has 9 nitrogen and oxygen atoms in total. The normalized spacial score (nSPS) is 22.0. The fourth-order valence-electron chi connectivity index (χ4n) is 4.32. The molecule has 1 aromatic carbocycles. The van der Waals surface area contributed by atoms with E-state index in [4.69, 9.17) is 21.6 Å². The van der Waals surface area contributed by atoms with E-state index in [1.54, 1.807) is 17.0 Å². The molecule has 12 heteroatoms. The molecule has 3 N–H and O–H groups in total. The number of rotatable bonds is 7. The molecule has 1 amide bonds. The van der Waals surface area contributed by atoms with Gasteiger partial charge in [0.05, 0.1) is 36.8 Å². The highest BCUT2D eigenvalue weighted by molar-refractivity contribution is 6.31. The number of fused-ring (bicyclic) bond motifs is 1. The van der Waals surface area contributed by atoms with E-state index >= 15 is 0 Å². The Morgan fingerprint density at radius 3 is 2.89 bits per heavy atom. The molecular formula is C23H22ClF2N5O4. The average Bonchev–Trinajstić information content (AvgIpc) is 2.85. The summed E-state index contributed by atoms with van der Waals surface area (Å²) in [6, 6.07) is 7.55. The van der Waals surface area contributed by atoms with Crippen molar-refractivity contribution >= 4 is 23.5 Å². The average molecular weight is 506 g/mol. The Morgan fingerprint density at radius 2 is 2.17 bits per heavy atom. The van der Waals surface area contributed by atoms with E-state index in [-0.39, 0.29) is 42.6 Å². The zero-order valence-corrected chi connectivity index (χ0v) is 19.1. The van der Waals surface area contributed by atoms with Crippen LogP contribution in [0.5, 0.6) is 5.75 Å². The topological polar surface area (TPSA) is 128 Å². The van der Waals surface area contributed by atoms with Crippen molar-refractivity contribution in [1.29, 1.82) is 5.26 Å². The molecule has 0 saturated carbocycles. The van der Waals surface area contributed by atoms with Gasteiger partial charge in [-0.2, -0.15) is 5.26 Å². The quantitative estimate of drug-likeness (QED) is 0.524. The number of alkyl halides is 2. The Labute approximate surface area is 204 Å². The highest BCUT2D eigenvalue weighted by atomic mass is 35.5. The third kappa shape index (κ3) is 5.35. The number of hydrogen-bond acceptors (Lipinski definition) is 7. The molecule has 0 spiro atoms. The van der Waals surface area contributed by atoms with Crippen molar-refractivity contribution in [2.75, 3.05) is 26.4 Å². The number of nitrogens with zero attached hydrogens (tertiary/aromatic N) is 3. The van der Waals surface area contributed by atoms with E-state index in [0.29, 0.717) is 36.0 Å². The lowest BCUT2D eigenvalue weighted by Crippen LogP contribution is -2.64. The van der Waals surface area contributed by atoms with Crippen LogP contribution in [0.25, 0.3) is 11.1 Å². The second-order valence-electron chi connectivity index (χ2n) is 8.25. The molecule has 184 valence electrons. The summed E-state index contributed by atoms with van der Waals surface area (Å²) in [5.41, 5.74) is -0.802. The van der Waals surface area contributed by atoms with Crippen LogP contribution >= 0.6 is 11.6 Å². The molecular weight excluding hydrogens is 484 g/mol. The number of halogens is 3. The number of piperidine rings is 1. The maximum Gasteiger partial charge on any atom is 0.337 e. The summed E-state index contributed by atoms with van der Waals surface area (Å²) in [5, 5.41) is 25.3. The van der Waals surface area contributed by atoms with Crippen molar-refractivity contribution in [3.63, 3.8) is 0 Å². The zero-order valence-electron chi connectivity index (χ0n) is 18.4. The van der Waals surface area contributed by atoms with Gasteiger partial charge in [-0.3, -0.25) is 15.1 Å². The SMILES string of the molecule is N#CC1CC2C(=O)N(CCOc3ccc(Cl)cc3-c3cnc(C(F)F)c(C(=O)O)c3)CNC2CN1. The third-order valence-corrected chi connectivity index (χ3v) is 6.35. The van der Waals surface area contributed by atoms with Crippen LogP contribution in [0.15, 0.2) is 30.5 Å². The van der Waals surface area contributed by atoms with Gasteiger partial charge in [0, 0.05) is 34.9 Å². The van der Waals surface area contributed by atoms with Crippen LogP contribution in [-0.4, -0.2) is 65.3 Å². The molecule has 0 aliphatic carbocycles. The molecule has 2 aliphatic heterocycles. The number of aromatic nitrogens is 1. The van der Waals surface area contributed by atoms with Crippen molar-refractivity contribution in [2.45, 2.75) is 24.9 Å². The van der Waals surface area contributed by atoms with Crippen molar-refractivity contribution < 1.29 is 28.2 Å². The Hall–Kier alpha value is -3.33. The van der Waals surface area contributed by atoms with Crippen LogP contribution in [0.4, 0.5) is 8.78 Å². The Balaban J connectivity index is 1.48. The van der Waals surface area contributed by atoms with Gasteiger partial charge in [-0.1, -0.05) is 11.6 Å². The first-order valence-electron chi connectivity index (χ1n) is 10.9. The monoisotopic (exact) mass is 505 g/mol. The van der Waals surface area contributed by atoms with Crippen LogP contribution in [0.2, 0.25) is 5.02 Å². The highest BCUT2D eigenvalue weighted by Crippen LogP contribution is 2.34. The summed E-state index contributed by atoms with van der Waals surface area (Å²) in [6.45, 7) is 1.28. The van der Waals surface area contributed by atoms with Crippen molar-refractivity contribution in [1.82, 2.24) is 20.5 Å². The minimum atomic E-state index is -3.04. The fourth-order valence-corrected chi connectivity index (χ4v) is 4.49. The van der Waals surface area contributed by atoms with Gasteiger partial charge in [0.25, 0.3) is 6.43 Å². The van der Waals surface area contributed by atoms with E-state index in [1.807, 2.05) is 0 Å². The van der Waals surface area contributed by atoms with Crippen molar-refractivity contribution in [3.05, 3.63) is 46.7 Å². The number of nitriles is 1. The van der Waals surface area contributed by atoms with Gasteiger partial charge in [-0.25, -0.2) is 13.6 Å². The molecule has 0 radical (unpaired) electrons. The first-order valence-corrected chi connectivity index (χ1v) is 11.3. The standard InChI is InChI=1S/C23H22ClF2N5O4/c24-13-1-2-19(15(6-13)12-5-17(23(33)34)20(21(25)26)29-9-12)35-4-3-31-11-30-18-10-28-14(8-27)7-16(18)22(31)32/h1-2,5-6,9,14,16,18,21,28,30H,3-4,7,10-11H2,(H,33,34). The Bertz CT molecular complexity index is 1180. The predicted molar refractivity (Wildman–Crippen MR) is 121 cm³/mol. The number of aromatic carboxylic acids is 1. The molecule has 4 rings (SSSR count). The lowest BCUT2D eigenvalue weighted by atomic mass is 9.86. The number of carbonyl (C=O) groups excluding carboxylic acids is 1. The summed E-state index contributed by atoms with van der Waals surface area (Å²) in [7, 11) is 0. The number of carboxylic acids is 1. The smallest absolute Gasteiger partial charge is 0.337 e. The minimum absolute atomic E-state index is 0.0284. The predicted octanol–water partition coefficient (Wildman–Crippen LogP) is 2.68. The van der Waals surface area contributed by atoms with Crippen LogP contribution in [-0.2, 0) is 4.79 Å². The third-order valence-electron chi connectivity index (χ3n) is 6.12.